The molecule has 0 aliphatic rings. The van der Waals surface area contributed by atoms with Crippen molar-refractivity contribution in [2.24, 2.45) is 0 Å². The van der Waals surface area contributed by atoms with Gasteiger partial charge in [-0.3, -0.25) is 4.55 Å². The molecule has 0 radical (unpaired) electrons. The Kier molecular flexibility index (Phi) is 5.73. The summed E-state index contributed by atoms with van der Waals surface area (Å²) < 4.78 is 31.0. The molecule has 0 atom stereocenters. The summed E-state index contributed by atoms with van der Waals surface area (Å²) >= 11 is 0. The van der Waals surface area contributed by atoms with E-state index in [1.807, 2.05) is 24.3 Å². The molecular weight excluding hydrogens is 324 g/mol. The lowest BCUT2D eigenvalue weighted by atomic mass is 10.1. The Labute approximate surface area is 141 Å². The van der Waals surface area contributed by atoms with Crippen molar-refractivity contribution in [3.05, 3.63) is 84.9 Å². The molecular formula is C19H18O4S. The van der Waals surface area contributed by atoms with E-state index < -0.39 is 10.1 Å². The average Bonchev–Trinajstić information content (AvgIpc) is 2.56. The highest BCUT2D eigenvalue weighted by Gasteiger charge is 2.12. The molecule has 2 N–H and O–H groups in total. The number of fused-ring (bicyclic) bond motifs is 1. The number of hydrogen-bond acceptors (Lipinski definition) is 3. The number of allylic oxidation sites excluding steroid dienone is 1. The molecule has 124 valence electrons. The Hall–Kier alpha value is -2.63. The molecule has 0 saturated carbocycles. The van der Waals surface area contributed by atoms with Crippen LogP contribution in [0.1, 0.15) is 5.56 Å². The molecule has 0 bridgehead atoms. The number of phenols is 1. The fourth-order valence-corrected chi connectivity index (χ4v) is 2.97. The molecule has 3 aromatic carbocycles. The van der Waals surface area contributed by atoms with E-state index in [1.165, 1.54) is 6.07 Å². The first-order valence-electron chi connectivity index (χ1n) is 7.26. The van der Waals surface area contributed by atoms with Crippen molar-refractivity contribution < 1.29 is 18.1 Å². The van der Waals surface area contributed by atoms with Crippen molar-refractivity contribution in [1.82, 2.24) is 0 Å². The number of para-hydroxylation sites is 1. The summed E-state index contributed by atoms with van der Waals surface area (Å²) in [4.78, 5) is -0.0457. The van der Waals surface area contributed by atoms with Crippen LogP contribution in [0.5, 0.6) is 5.75 Å². The lowest BCUT2D eigenvalue weighted by Gasteiger charge is -2.02. The molecule has 0 saturated heterocycles. The Morgan fingerprint density at radius 2 is 1.54 bits per heavy atom. The SMILES string of the molecule is C=CCc1ccccc1O.O=S(=O)(O)c1cccc2ccccc12. The molecule has 4 nitrogen and oxygen atoms in total. The van der Waals surface area contributed by atoms with Gasteiger partial charge in [0.05, 0.1) is 0 Å². The molecule has 3 aromatic rings. The summed E-state index contributed by atoms with van der Waals surface area (Å²) in [6, 6.07) is 19.1. The fraction of sp³-hybridized carbons (Fsp3) is 0.0526. The van der Waals surface area contributed by atoms with E-state index in [-0.39, 0.29) is 4.90 Å². The van der Waals surface area contributed by atoms with E-state index in [1.54, 1.807) is 42.5 Å². The molecule has 24 heavy (non-hydrogen) atoms. The van der Waals surface area contributed by atoms with Gasteiger partial charge >= 0.3 is 0 Å². The standard InChI is InChI=1S/C10H8O3S.C9H10O/c11-14(12,13)10-7-3-5-8-4-1-2-6-9(8)10;1-2-5-8-6-3-4-7-9(8)10/h1-7H,(H,11,12,13);2-4,6-7,10H,1,5H2. The quantitative estimate of drug-likeness (QED) is 0.552. The number of benzene rings is 3. The molecule has 0 fully saturated rings. The van der Waals surface area contributed by atoms with Crippen molar-refractivity contribution in [3.8, 4) is 5.75 Å². The lowest BCUT2D eigenvalue weighted by molar-refractivity contribution is 0.469. The van der Waals surface area contributed by atoms with Crippen LogP contribution in [0.15, 0.2) is 84.3 Å². The van der Waals surface area contributed by atoms with Crippen molar-refractivity contribution >= 4 is 20.9 Å². The molecule has 0 unspecified atom stereocenters. The van der Waals surface area contributed by atoms with Crippen molar-refractivity contribution in [2.45, 2.75) is 11.3 Å². The second kappa shape index (κ2) is 7.77. The van der Waals surface area contributed by atoms with Crippen LogP contribution < -0.4 is 0 Å². The Morgan fingerprint density at radius 1 is 0.917 bits per heavy atom. The van der Waals surface area contributed by atoms with Gasteiger partial charge in [-0.1, -0.05) is 60.7 Å². The molecule has 0 aromatic heterocycles. The van der Waals surface area contributed by atoms with Crippen molar-refractivity contribution in [2.75, 3.05) is 0 Å². The number of aromatic hydroxyl groups is 1. The van der Waals surface area contributed by atoms with Crippen LogP contribution in [0.3, 0.4) is 0 Å². The van der Waals surface area contributed by atoms with E-state index in [9.17, 15) is 13.5 Å². The number of hydrogen-bond donors (Lipinski definition) is 2. The zero-order valence-corrected chi connectivity index (χ0v) is 13.8. The zero-order valence-electron chi connectivity index (χ0n) is 13.0. The van der Waals surface area contributed by atoms with Crippen LogP contribution in [0.2, 0.25) is 0 Å². The fourth-order valence-electron chi connectivity index (χ4n) is 2.26. The monoisotopic (exact) mass is 342 g/mol. The smallest absolute Gasteiger partial charge is 0.295 e. The summed E-state index contributed by atoms with van der Waals surface area (Å²) in [5, 5.41) is 10.5. The molecule has 0 spiro atoms. The minimum absolute atomic E-state index is 0.0457. The van der Waals surface area contributed by atoms with Crippen LogP contribution in [0.25, 0.3) is 10.8 Å². The minimum Gasteiger partial charge on any atom is -0.508 e. The molecule has 3 rings (SSSR count). The minimum atomic E-state index is -4.13. The summed E-state index contributed by atoms with van der Waals surface area (Å²) in [5.74, 6) is 0.349. The highest BCUT2D eigenvalue weighted by molar-refractivity contribution is 7.86. The molecule has 0 amide bonds. The maximum absolute atomic E-state index is 11.0. The first kappa shape index (κ1) is 17.7. The Bertz CT molecular complexity index is 941. The van der Waals surface area contributed by atoms with Crippen LogP contribution in [-0.2, 0) is 16.5 Å². The van der Waals surface area contributed by atoms with Gasteiger partial charge < -0.3 is 5.11 Å². The van der Waals surface area contributed by atoms with Crippen LogP contribution in [0.4, 0.5) is 0 Å². The lowest BCUT2D eigenvalue weighted by Crippen LogP contribution is -1.98. The summed E-state index contributed by atoms with van der Waals surface area (Å²) in [6.07, 6.45) is 2.50. The van der Waals surface area contributed by atoms with Crippen LogP contribution >= 0.6 is 0 Å². The Morgan fingerprint density at radius 3 is 2.21 bits per heavy atom. The second-order valence-electron chi connectivity index (χ2n) is 5.07. The van der Waals surface area contributed by atoms with Gasteiger partial charge in [0.1, 0.15) is 10.6 Å². The van der Waals surface area contributed by atoms with Gasteiger partial charge in [-0.15, -0.1) is 6.58 Å². The summed E-state index contributed by atoms with van der Waals surface area (Å²) in [7, 11) is -4.13. The van der Waals surface area contributed by atoms with Gasteiger partial charge in [-0.2, -0.15) is 8.42 Å². The second-order valence-corrected chi connectivity index (χ2v) is 6.46. The normalized spacial score (nSPS) is 10.7. The van der Waals surface area contributed by atoms with Crippen LogP contribution in [-0.4, -0.2) is 18.1 Å². The van der Waals surface area contributed by atoms with Crippen molar-refractivity contribution in [1.29, 1.82) is 0 Å². The highest BCUT2D eigenvalue weighted by Crippen LogP contribution is 2.22. The van der Waals surface area contributed by atoms with Gasteiger partial charge in [-0.25, -0.2) is 0 Å². The van der Waals surface area contributed by atoms with Gasteiger partial charge in [-0.05, 0) is 29.5 Å². The summed E-state index contributed by atoms with van der Waals surface area (Å²) in [5.41, 5.74) is 0.928. The molecule has 0 heterocycles. The summed E-state index contributed by atoms with van der Waals surface area (Å²) in [6.45, 7) is 3.59. The average molecular weight is 342 g/mol. The maximum Gasteiger partial charge on any atom is 0.295 e. The van der Waals surface area contributed by atoms with Gasteiger partial charge in [0.15, 0.2) is 0 Å². The van der Waals surface area contributed by atoms with Crippen LogP contribution in [0, 0.1) is 0 Å². The van der Waals surface area contributed by atoms with E-state index in [0.717, 1.165) is 17.4 Å². The molecule has 5 heteroatoms. The van der Waals surface area contributed by atoms with E-state index >= 15 is 0 Å². The largest absolute Gasteiger partial charge is 0.508 e. The topological polar surface area (TPSA) is 74.6 Å². The third kappa shape index (κ3) is 4.44. The van der Waals surface area contributed by atoms with Gasteiger partial charge in [0.25, 0.3) is 10.1 Å². The third-order valence-corrected chi connectivity index (χ3v) is 4.30. The van der Waals surface area contributed by atoms with Crippen molar-refractivity contribution in [3.63, 3.8) is 0 Å². The Balaban J connectivity index is 0.000000185. The first-order valence-corrected chi connectivity index (χ1v) is 8.70. The molecule has 0 aliphatic heterocycles. The highest BCUT2D eigenvalue weighted by atomic mass is 32.2. The predicted octanol–water partition coefficient (Wildman–Crippen LogP) is 4.21. The van der Waals surface area contributed by atoms with Gasteiger partial charge in [0, 0.05) is 5.39 Å². The first-order chi connectivity index (χ1) is 11.4. The van der Waals surface area contributed by atoms with E-state index in [4.69, 9.17) is 4.55 Å². The maximum atomic E-state index is 11.0. The number of rotatable bonds is 3. The van der Waals surface area contributed by atoms with E-state index in [2.05, 4.69) is 6.58 Å². The number of phenolic OH excluding ortho intramolecular Hbond substituents is 1. The van der Waals surface area contributed by atoms with Gasteiger partial charge in [0.2, 0.25) is 0 Å². The van der Waals surface area contributed by atoms with E-state index in [0.29, 0.717) is 11.1 Å². The molecule has 0 aliphatic carbocycles. The third-order valence-electron chi connectivity index (χ3n) is 3.38. The predicted molar refractivity (Wildman–Crippen MR) is 95.8 cm³/mol. The zero-order chi connectivity index (χ0) is 17.6.